The second-order valence-corrected chi connectivity index (χ2v) is 6.97. The summed E-state index contributed by atoms with van der Waals surface area (Å²) >= 11 is 6.36. The lowest BCUT2D eigenvalue weighted by Crippen LogP contribution is -1.98. The lowest BCUT2D eigenvalue weighted by Gasteiger charge is -1.93. The van der Waals surface area contributed by atoms with Gasteiger partial charge in [0.2, 0.25) is 0 Å². The Morgan fingerprint density at radius 2 is 2.22 bits per heavy atom. The van der Waals surface area contributed by atoms with Crippen molar-refractivity contribution >= 4 is 44.6 Å². The fourth-order valence-electron chi connectivity index (χ4n) is 1.60. The van der Waals surface area contributed by atoms with E-state index in [1.54, 1.807) is 11.3 Å². The average molecular weight is 346 g/mol. The van der Waals surface area contributed by atoms with Crippen LogP contribution in [0.1, 0.15) is 33.6 Å². The highest BCUT2D eigenvalue weighted by Crippen LogP contribution is 2.37. The Labute approximate surface area is 122 Å². The molecule has 0 fully saturated rings. The zero-order chi connectivity index (χ0) is 13.3. The molecule has 0 aromatic carbocycles. The third-order valence-corrected chi connectivity index (χ3v) is 5.84. The Hall–Kier alpha value is -0.720. The van der Waals surface area contributed by atoms with Crippen molar-refractivity contribution < 1.29 is 9.90 Å². The van der Waals surface area contributed by atoms with E-state index in [-0.39, 0.29) is 0 Å². The summed E-state index contributed by atoms with van der Waals surface area (Å²) in [4.78, 5) is 18.2. The molecule has 0 bridgehead atoms. The normalized spacial score (nSPS) is 10.8. The number of hydrogen-bond acceptors (Lipinski definition) is 4. The number of carboxylic acids is 1. The third kappa shape index (κ3) is 2.65. The standard InChI is InChI=1S/C12H12BrNO2S2/c1-3-4-8-10(12(15)16)18-11(14-8)9-5-7(13)6(2)17-9/h5H,3-4H2,1-2H3,(H,15,16). The van der Waals surface area contributed by atoms with E-state index in [1.807, 2.05) is 19.9 Å². The topological polar surface area (TPSA) is 50.2 Å². The van der Waals surface area contributed by atoms with Gasteiger partial charge in [-0.1, -0.05) is 13.3 Å². The van der Waals surface area contributed by atoms with Crippen LogP contribution in [0, 0.1) is 6.92 Å². The van der Waals surface area contributed by atoms with Crippen LogP contribution >= 0.6 is 38.6 Å². The molecule has 2 rings (SSSR count). The summed E-state index contributed by atoms with van der Waals surface area (Å²) in [5, 5.41) is 9.98. The molecule has 0 unspecified atom stereocenters. The summed E-state index contributed by atoms with van der Waals surface area (Å²) in [5.41, 5.74) is 0.701. The first-order valence-corrected chi connectivity index (χ1v) is 7.94. The highest BCUT2D eigenvalue weighted by molar-refractivity contribution is 9.10. The molecule has 0 saturated heterocycles. The van der Waals surface area contributed by atoms with Crippen molar-refractivity contribution in [2.45, 2.75) is 26.7 Å². The van der Waals surface area contributed by atoms with Gasteiger partial charge in [0.25, 0.3) is 0 Å². The van der Waals surface area contributed by atoms with Gasteiger partial charge in [-0.25, -0.2) is 9.78 Å². The van der Waals surface area contributed by atoms with Crippen LogP contribution in [0.3, 0.4) is 0 Å². The molecule has 0 aliphatic carbocycles. The maximum Gasteiger partial charge on any atom is 0.347 e. The monoisotopic (exact) mass is 345 g/mol. The molecule has 0 aliphatic rings. The molecule has 0 amide bonds. The van der Waals surface area contributed by atoms with Crippen LogP contribution in [0.2, 0.25) is 0 Å². The minimum Gasteiger partial charge on any atom is -0.477 e. The second-order valence-electron chi connectivity index (χ2n) is 3.86. The van der Waals surface area contributed by atoms with E-state index in [0.717, 1.165) is 20.8 Å². The first kappa shape index (κ1) is 13.7. The summed E-state index contributed by atoms with van der Waals surface area (Å²) in [7, 11) is 0. The maximum atomic E-state index is 11.2. The van der Waals surface area contributed by atoms with Gasteiger partial charge in [-0.15, -0.1) is 22.7 Å². The summed E-state index contributed by atoms with van der Waals surface area (Å²) in [6.45, 7) is 4.05. The first-order valence-electron chi connectivity index (χ1n) is 5.52. The van der Waals surface area contributed by atoms with Crippen LogP contribution in [0.5, 0.6) is 0 Å². The van der Waals surface area contributed by atoms with E-state index >= 15 is 0 Å². The Morgan fingerprint density at radius 1 is 1.50 bits per heavy atom. The molecule has 0 saturated carbocycles. The van der Waals surface area contributed by atoms with Crippen molar-refractivity contribution in [1.82, 2.24) is 4.98 Å². The SMILES string of the molecule is CCCc1nc(-c2cc(Br)c(C)s2)sc1C(=O)O. The van der Waals surface area contributed by atoms with E-state index in [1.165, 1.54) is 16.2 Å². The van der Waals surface area contributed by atoms with Gasteiger partial charge in [0.05, 0.1) is 10.6 Å². The van der Waals surface area contributed by atoms with Crippen LogP contribution in [0.15, 0.2) is 10.5 Å². The van der Waals surface area contributed by atoms with Gasteiger partial charge in [-0.3, -0.25) is 0 Å². The fraction of sp³-hybridized carbons (Fsp3) is 0.333. The molecule has 2 aromatic rings. The van der Waals surface area contributed by atoms with Crippen molar-refractivity contribution in [3.8, 4) is 9.88 Å². The van der Waals surface area contributed by atoms with E-state index in [9.17, 15) is 9.90 Å². The number of nitrogens with zero attached hydrogens (tertiary/aromatic N) is 1. The number of carbonyl (C=O) groups is 1. The van der Waals surface area contributed by atoms with Crippen molar-refractivity contribution in [1.29, 1.82) is 0 Å². The van der Waals surface area contributed by atoms with Crippen LogP contribution in [-0.4, -0.2) is 16.1 Å². The Balaban J connectivity index is 2.45. The minimum absolute atomic E-state index is 0.369. The molecule has 0 radical (unpaired) electrons. The number of carboxylic acid groups (broad SMARTS) is 1. The van der Waals surface area contributed by atoms with Crippen molar-refractivity contribution in [2.24, 2.45) is 0 Å². The lowest BCUT2D eigenvalue weighted by molar-refractivity contribution is 0.0700. The molecule has 18 heavy (non-hydrogen) atoms. The summed E-state index contributed by atoms with van der Waals surface area (Å²) in [6, 6.07) is 2.00. The van der Waals surface area contributed by atoms with Crippen molar-refractivity contribution in [3.05, 3.63) is 26.0 Å². The molecule has 6 heteroatoms. The summed E-state index contributed by atoms with van der Waals surface area (Å²) < 4.78 is 1.05. The number of aromatic carboxylic acids is 1. The van der Waals surface area contributed by atoms with Crippen LogP contribution in [0.4, 0.5) is 0 Å². The summed E-state index contributed by atoms with van der Waals surface area (Å²) in [6.07, 6.45) is 1.61. The van der Waals surface area contributed by atoms with E-state index in [4.69, 9.17) is 0 Å². The number of hydrogen-bond donors (Lipinski definition) is 1. The van der Waals surface area contributed by atoms with E-state index in [0.29, 0.717) is 17.0 Å². The molecule has 1 N–H and O–H groups in total. The fourth-order valence-corrected chi connectivity index (χ4v) is 4.13. The predicted molar refractivity (Wildman–Crippen MR) is 78.8 cm³/mol. The van der Waals surface area contributed by atoms with Gasteiger partial charge >= 0.3 is 5.97 Å². The zero-order valence-electron chi connectivity index (χ0n) is 9.99. The Morgan fingerprint density at radius 3 is 2.72 bits per heavy atom. The van der Waals surface area contributed by atoms with E-state index < -0.39 is 5.97 Å². The quantitative estimate of drug-likeness (QED) is 0.881. The van der Waals surface area contributed by atoms with Gasteiger partial charge in [-0.2, -0.15) is 0 Å². The predicted octanol–water partition coefficient (Wildman–Crippen LogP) is 4.59. The smallest absolute Gasteiger partial charge is 0.347 e. The number of thiazole rings is 1. The number of halogens is 1. The number of aryl methyl sites for hydroxylation is 2. The van der Waals surface area contributed by atoms with Crippen molar-refractivity contribution in [3.63, 3.8) is 0 Å². The van der Waals surface area contributed by atoms with Crippen LogP contribution in [0.25, 0.3) is 9.88 Å². The number of thiophene rings is 1. The maximum absolute atomic E-state index is 11.2. The summed E-state index contributed by atoms with van der Waals surface area (Å²) in [5.74, 6) is -0.880. The second kappa shape index (κ2) is 5.50. The zero-order valence-corrected chi connectivity index (χ0v) is 13.2. The third-order valence-electron chi connectivity index (χ3n) is 2.45. The van der Waals surface area contributed by atoms with Crippen LogP contribution in [-0.2, 0) is 6.42 Å². The molecular weight excluding hydrogens is 334 g/mol. The number of aromatic nitrogens is 1. The first-order chi connectivity index (χ1) is 8.52. The van der Waals surface area contributed by atoms with Gasteiger partial charge < -0.3 is 5.11 Å². The van der Waals surface area contributed by atoms with Gasteiger partial charge in [-0.05, 0) is 35.3 Å². The largest absolute Gasteiger partial charge is 0.477 e. The molecule has 0 aliphatic heterocycles. The molecule has 2 heterocycles. The lowest BCUT2D eigenvalue weighted by atomic mass is 10.2. The van der Waals surface area contributed by atoms with Crippen LogP contribution < -0.4 is 0 Å². The highest BCUT2D eigenvalue weighted by Gasteiger charge is 2.18. The average Bonchev–Trinajstić information content (AvgIpc) is 2.85. The Bertz CT molecular complexity index is 569. The van der Waals surface area contributed by atoms with Gasteiger partial charge in [0.15, 0.2) is 0 Å². The minimum atomic E-state index is -0.880. The number of rotatable bonds is 4. The Kier molecular flexibility index (Phi) is 4.19. The van der Waals surface area contributed by atoms with Crippen molar-refractivity contribution in [2.75, 3.05) is 0 Å². The molecule has 2 aromatic heterocycles. The molecular formula is C12H12BrNO2S2. The molecule has 0 spiro atoms. The van der Waals surface area contributed by atoms with E-state index in [2.05, 4.69) is 20.9 Å². The molecule has 3 nitrogen and oxygen atoms in total. The molecule has 96 valence electrons. The van der Waals surface area contributed by atoms with Gasteiger partial charge in [0.1, 0.15) is 9.88 Å². The molecule has 0 atom stereocenters. The highest BCUT2D eigenvalue weighted by atomic mass is 79.9. The van der Waals surface area contributed by atoms with Gasteiger partial charge in [0, 0.05) is 9.35 Å².